The summed E-state index contributed by atoms with van der Waals surface area (Å²) >= 11 is 0. The number of methoxy groups -OCH3 is 1. The van der Waals surface area contributed by atoms with E-state index in [4.69, 9.17) is 9.47 Å². The second-order valence-corrected chi connectivity index (χ2v) is 17.7. The molecular weight excluding hydrogens is 667 g/mol. The van der Waals surface area contributed by atoms with Gasteiger partial charge < -0.3 is 18.9 Å². The molecule has 12 heteroatoms. The van der Waals surface area contributed by atoms with Crippen molar-refractivity contribution in [2.45, 2.75) is 96.4 Å². The van der Waals surface area contributed by atoms with Gasteiger partial charge in [-0.15, -0.1) is 0 Å². The Morgan fingerprint density at radius 1 is 0.980 bits per heavy atom. The van der Waals surface area contributed by atoms with Crippen LogP contribution in [0.25, 0.3) is 22.2 Å². The lowest BCUT2D eigenvalue weighted by Gasteiger charge is -2.42. The van der Waals surface area contributed by atoms with E-state index in [-0.39, 0.29) is 35.6 Å². The molecule has 51 heavy (non-hydrogen) atoms. The lowest BCUT2D eigenvalue weighted by Crippen LogP contribution is -2.56. The van der Waals surface area contributed by atoms with Crippen LogP contribution in [-0.2, 0) is 26.3 Å². The number of carbonyl (C=O) groups is 2. The maximum Gasteiger partial charge on any atom is 0.303 e. The van der Waals surface area contributed by atoms with Crippen molar-refractivity contribution in [3.05, 3.63) is 53.1 Å². The number of fused-ring (bicyclic) bond motifs is 7. The molecule has 3 aliphatic heterocycles. The SMILES string of the molecule is COc1ccc2c(c1)C1CN(C(C)C)CC1(C(=O)N1C[C@@H](C)O[C@@H](C)C1)Cn1c-2c(C2CCCCC2)c2ccc(C(=O)NS(=O)(=O)N(C)C)cc21. The van der Waals surface area contributed by atoms with Gasteiger partial charge in [-0.2, -0.15) is 12.7 Å². The highest BCUT2D eigenvalue weighted by Gasteiger charge is 2.57. The molecule has 3 fully saturated rings. The third kappa shape index (κ3) is 6.25. The lowest BCUT2D eigenvalue weighted by atomic mass is 9.72. The van der Waals surface area contributed by atoms with Crippen molar-refractivity contribution in [3.63, 3.8) is 0 Å². The summed E-state index contributed by atoms with van der Waals surface area (Å²) in [6.07, 6.45) is 5.50. The molecule has 0 spiro atoms. The van der Waals surface area contributed by atoms with Crippen molar-refractivity contribution in [1.29, 1.82) is 0 Å². The second kappa shape index (κ2) is 13.5. The molecule has 2 amide bonds. The van der Waals surface area contributed by atoms with Crippen molar-refractivity contribution in [1.82, 2.24) is 23.4 Å². The zero-order valence-corrected chi connectivity index (χ0v) is 31.9. The summed E-state index contributed by atoms with van der Waals surface area (Å²) in [6.45, 7) is 11.3. The minimum Gasteiger partial charge on any atom is -0.497 e. The number of ether oxygens (including phenoxy) is 2. The molecule has 11 nitrogen and oxygen atoms in total. The van der Waals surface area contributed by atoms with Gasteiger partial charge in [0.15, 0.2) is 0 Å². The first-order valence-corrected chi connectivity index (χ1v) is 20.0. The number of rotatable bonds is 7. The van der Waals surface area contributed by atoms with Gasteiger partial charge in [0.2, 0.25) is 5.91 Å². The van der Waals surface area contributed by atoms with Gasteiger partial charge in [-0.05, 0) is 87.9 Å². The Hall–Kier alpha value is -3.45. The Morgan fingerprint density at radius 2 is 1.69 bits per heavy atom. The molecule has 1 saturated carbocycles. The largest absolute Gasteiger partial charge is 0.497 e. The summed E-state index contributed by atoms with van der Waals surface area (Å²) in [5, 5.41) is 1.05. The number of hydrogen-bond donors (Lipinski definition) is 1. The van der Waals surface area contributed by atoms with Crippen molar-refractivity contribution in [3.8, 4) is 17.0 Å². The van der Waals surface area contributed by atoms with Gasteiger partial charge in [0.05, 0.1) is 30.4 Å². The normalized spacial score (nSPS) is 25.8. The van der Waals surface area contributed by atoms with Gasteiger partial charge in [-0.1, -0.05) is 25.3 Å². The standard InChI is InChI=1S/C39H53N5O6S/c1-24(2)43-21-33-32-18-29(49-7)14-16-30(32)36-35(27-11-9-8-10-12-27)31-15-13-28(37(45)40-51(47,48)41(5)6)17-34(31)44(36)23-39(33,22-43)38(46)42-19-25(3)50-26(4)20-42/h13-18,24-27,33H,8-12,19-23H2,1-7H3,(H,40,45)/t25-,26+,33?,39?. The molecule has 2 saturated heterocycles. The Kier molecular flexibility index (Phi) is 9.52. The highest BCUT2D eigenvalue weighted by atomic mass is 32.2. The molecule has 4 atom stereocenters. The third-order valence-corrected chi connectivity index (χ3v) is 13.2. The Balaban J connectivity index is 1.50. The Labute approximate surface area is 302 Å². The highest BCUT2D eigenvalue weighted by molar-refractivity contribution is 7.87. The van der Waals surface area contributed by atoms with Crippen molar-refractivity contribution < 1.29 is 27.5 Å². The van der Waals surface area contributed by atoms with Gasteiger partial charge in [0.25, 0.3) is 5.91 Å². The monoisotopic (exact) mass is 719 g/mol. The molecule has 1 N–H and O–H groups in total. The Bertz CT molecular complexity index is 1940. The molecule has 7 rings (SSSR count). The summed E-state index contributed by atoms with van der Waals surface area (Å²) in [5.41, 5.74) is 4.87. The number of nitrogens with one attached hydrogen (secondary N) is 1. The molecule has 2 aromatic carbocycles. The number of likely N-dealkylation sites (tertiary alicyclic amines) is 1. The predicted molar refractivity (Wildman–Crippen MR) is 198 cm³/mol. The van der Waals surface area contributed by atoms with Crippen LogP contribution in [0.2, 0.25) is 0 Å². The zero-order valence-electron chi connectivity index (χ0n) is 31.1. The Morgan fingerprint density at radius 3 is 2.33 bits per heavy atom. The van der Waals surface area contributed by atoms with E-state index in [0.717, 1.165) is 70.0 Å². The molecule has 0 radical (unpaired) electrons. The average Bonchev–Trinajstić information content (AvgIpc) is 3.61. The minimum atomic E-state index is -4.00. The number of aromatic nitrogens is 1. The molecule has 4 aliphatic rings. The van der Waals surface area contributed by atoms with Crippen LogP contribution in [0.5, 0.6) is 5.75 Å². The van der Waals surface area contributed by atoms with E-state index in [1.807, 2.05) is 36.9 Å². The molecule has 0 bridgehead atoms. The second-order valence-electron chi connectivity index (χ2n) is 15.8. The fourth-order valence-corrected chi connectivity index (χ4v) is 9.87. The number of amides is 2. The first-order chi connectivity index (χ1) is 24.2. The van der Waals surface area contributed by atoms with Crippen LogP contribution in [0.1, 0.15) is 93.1 Å². The summed E-state index contributed by atoms with van der Waals surface area (Å²) in [4.78, 5) is 33.4. The van der Waals surface area contributed by atoms with Crippen LogP contribution in [-0.4, -0.2) is 105 Å². The van der Waals surface area contributed by atoms with E-state index < -0.39 is 21.5 Å². The number of benzene rings is 2. The topological polar surface area (TPSA) is 113 Å². The molecule has 276 valence electrons. The highest BCUT2D eigenvalue weighted by Crippen LogP contribution is 2.56. The van der Waals surface area contributed by atoms with E-state index >= 15 is 4.79 Å². The van der Waals surface area contributed by atoms with Gasteiger partial charge in [-0.25, -0.2) is 4.72 Å². The number of carbonyl (C=O) groups excluding carboxylic acids is 2. The predicted octanol–water partition coefficient (Wildman–Crippen LogP) is 5.34. The fraction of sp³-hybridized carbons (Fsp3) is 0.590. The molecule has 3 aromatic rings. The van der Waals surface area contributed by atoms with Crippen LogP contribution in [0.4, 0.5) is 0 Å². The molecular formula is C39H53N5O6S. The van der Waals surface area contributed by atoms with Crippen LogP contribution >= 0.6 is 0 Å². The summed E-state index contributed by atoms with van der Waals surface area (Å²) < 4.78 is 42.9. The van der Waals surface area contributed by atoms with Gasteiger partial charge in [-0.3, -0.25) is 14.5 Å². The number of morpholine rings is 1. The summed E-state index contributed by atoms with van der Waals surface area (Å²) in [6, 6.07) is 12.1. The van der Waals surface area contributed by atoms with Crippen molar-refractivity contribution >= 4 is 32.9 Å². The van der Waals surface area contributed by atoms with Crippen molar-refractivity contribution in [2.24, 2.45) is 5.41 Å². The molecule has 4 heterocycles. The summed E-state index contributed by atoms with van der Waals surface area (Å²) in [5.74, 6) is 0.407. The van der Waals surface area contributed by atoms with Gasteiger partial charge in [0.1, 0.15) is 5.75 Å². The van der Waals surface area contributed by atoms with Crippen LogP contribution in [0.15, 0.2) is 36.4 Å². The zero-order chi connectivity index (χ0) is 36.4. The third-order valence-electron chi connectivity index (χ3n) is 11.8. The van der Waals surface area contributed by atoms with Crippen LogP contribution in [0.3, 0.4) is 0 Å². The van der Waals surface area contributed by atoms with E-state index in [0.29, 0.717) is 32.1 Å². The first-order valence-electron chi connectivity index (χ1n) is 18.5. The number of nitrogens with zero attached hydrogens (tertiary/aromatic N) is 4. The maximum absolute atomic E-state index is 15.4. The van der Waals surface area contributed by atoms with Crippen molar-refractivity contribution in [2.75, 3.05) is 47.4 Å². The van der Waals surface area contributed by atoms with E-state index in [1.54, 1.807) is 13.2 Å². The molecule has 2 unspecified atom stereocenters. The average molecular weight is 720 g/mol. The quantitative estimate of drug-likeness (QED) is 0.351. The maximum atomic E-state index is 15.4. The first kappa shape index (κ1) is 35.9. The fourth-order valence-electron chi connectivity index (χ4n) is 9.34. The smallest absolute Gasteiger partial charge is 0.303 e. The van der Waals surface area contributed by atoms with E-state index in [1.165, 1.54) is 26.1 Å². The van der Waals surface area contributed by atoms with Gasteiger partial charge in [0, 0.05) is 80.8 Å². The van der Waals surface area contributed by atoms with Crippen LogP contribution < -0.4 is 9.46 Å². The van der Waals surface area contributed by atoms with E-state index in [2.05, 4.69) is 40.2 Å². The molecule has 1 aliphatic carbocycles. The van der Waals surface area contributed by atoms with Gasteiger partial charge >= 0.3 is 10.2 Å². The van der Waals surface area contributed by atoms with E-state index in [9.17, 15) is 13.2 Å². The molecule has 1 aromatic heterocycles. The number of hydrogen-bond acceptors (Lipinski definition) is 7. The lowest BCUT2D eigenvalue weighted by molar-refractivity contribution is -0.155. The minimum absolute atomic E-state index is 0.0753. The van der Waals surface area contributed by atoms with Crippen LogP contribution in [0, 0.1) is 5.41 Å². The summed E-state index contributed by atoms with van der Waals surface area (Å²) in [7, 11) is 0.467.